The first-order chi connectivity index (χ1) is 11.4. The third-order valence-electron chi connectivity index (χ3n) is 4.51. The van der Waals surface area contributed by atoms with Gasteiger partial charge in [0.05, 0.1) is 17.7 Å². The normalized spacial score (nSPS) is 15.9. The van der Waals surface area contributed by atoms with Gasteiger partial charge in [0.15, 0.2) is 0 Å². The minimum Gasteiger partial charge on any atom is -0.495 e. The van der Waals surface area contributed by atoms with Crippen molar-refractivity contribution in [3.8, 4) is 5.75 Å². The molecule has 6 nitrogen and oxygen atoms in total. The van der Waals surface area contributed by atoms with Gasteiger partial charge in [-0.05, 0) is 37.0 Å². The maximum atomic E-state index is 12.1. The lowest BCUT2D eigenvalue weighted by Crippen LogP contribution is -2.15. The summed E-state index contributed by atoms with van der Waals surface area (Å²) in [6.45, 7) is 0. The number of carbonyl (C=O) groups is 1. The average Bonchev–Trinajstić information content (AvgIpc) is 2.55. The standard InChI is InChI=1S/C17H26N2O4S/c1-23-16-11-10-14(24(18,21)22)12-15(16)19-17(20)9-5-8-13-6-3-2-4-7-13/h10-13H,2-9H2,1H3,(H,19,20)(H2,18,21,22). The number of primary sulfonamides is 1. The quantitative estimate of drug-likeness (QED) is 0.786. The molecule has 1 aromatic carbocycles. The molecule has 2 rings (SSSR count). The van der Waals surface area contributed by atoms with Crippen LogP contribution in [0.25, 0.3) is 0 Å². The second-order valence-electron chi connectivity index (χ2n) is 6.35. The van der Waals surface area contributed by atoms with Crippen LogP contribution in [-0.2, 0) is 14.8 Å². The largest absolute Gasteiger partial charge is 0.495 e. The summed E-state index contributed by atoms with van der Waals surface area (Å²) in [5.41, 5.74) is 0.326. The summed E-state index contributed by atoms with van der Waals surface area (Å²) in [6, 6.07) is 4.16. The van der Waals surface area contributed by atoms with E-state index in [1.54, 1.807) is 0 Å². The number of hydrogen-bond donors (Lipinski definition) is 2. The van der Waals surface area contributed by atoms with E-state index in [0.29, 0.717) is 17.9 Å². The van der Waals surface area contributed by atoms with E-state index in [1.165, 1.54) is 57.4 Å². The SMILES string of the molecule is COc1ccc(S(N)(=O)=O)cc1NC(=O)CCCC1CCCCC1. The highest BCUT2D eigenvalue weighted by atomic mass is 32.2. The molecule has 134 valence electrons. The van der Waals surface area contributed by atoms with Crippen molar-refractivity contribution in [1.29, 1.82) is 0 Å². The van der Waals surface area contributed by atoms with E-state index in [4.69, 9.17) is 9.88 Å². The molecule has 1 aromatic rings. The van der Waals surface area contributed by atoms with Gasteiger partial charge in [0.25, 0.3) is 0 Å². The van der Waals surface area contributed by atoms with Crippen molar-refractivity contribution < 1.29 is 17.9 Å². The highest BCUT2D eigenvalue weighted by Crippen LogP contribution is 2.29. The first-order valence-electron chi connectivity index (χ1n) is 8.41. The summed E-state index contributed by atoms with van der Waals surface area (Å²) >= 11 is 0. The fourth-order valence-corrected chi connectivity index (χ4v) is 3.74. The molecule has 24 heavy (non-hydrogen) atoms. The lowest BCUT2D eigenvalue weighted by molar-refractivity contribution is -0.116. The minimum atomic E-state index is -3.82. The number of amides is 1. The van der Waals surface area contributed by atoms with Crippen LogP contribution in [0.15, 0.2) is 23.1 Å². The number of carbonyl (C=O) groups excluding carboxylic acids is 1. The molecule has 7 heteroatoms. The minimum absolute atomic E-state index is 0.0548. The number of rotatable bonds is 7. The monoisotopic (exact) mass is 354 g/mol. The fourth-order valence-electron chi connectivity index (χ4n) is 3.20. The molecule has 0 radical (unpaired) electrons. The Morgan fingerprint density at radius 3 is 2.62 bits per heavy atom. The number of benzene rings is 1. The Kier molecular flexibility index (Phi) is 6.62. The second-order valence-corrected chi connectivity index (χ2v) is 7.91. The van der Waals surface area contributed by atoms with Crippen LogP contribution in [0.5, 0.6) is 5.75 Å². The molecule has 1 saturated carbocycles. The molecule has 0 heterocycles. The first-order valence-corrected chi connectivity index (χ1v) is 9.95. The number of anilines is 1. The second kappa shape index (κ2) is 8.48. The van der Waals surface area contributed by atoms with Crippen molar-refractivity contribution in [3.63, 3.8) is 0 Å². The number of nitrogens with two attached hydrogens (primary N) is 1. The summed E-state index contributed by atoms with van der Waals surface area (Å²) in [5.74, 6) is 1.01. The molecule has 0 unspecified atom stereocenters. The van der Waals surface area contributed by atoms with Gasteiger partial charge < -0.3 is 10.1 Å². The lowest BCUT2D eigenvalue weighted by atomic mass is 9.86. The Morgan fingerprint density at radius 2 is 2.00 bits per heavy atom. The van der Waals surface area contributed by atoms with Crippen LogP contribution in [-0.4, -0.2) is 21.4 Å². The van der Waals surface area contributed by atoms with Gasteiger partial charge in [-0.15, -0.1) is 0 Å². The van der Waals surface area contributed by atoms with Gasteiger partial charge in [0, 0.05) is 6.42 Å². The van der Waals surface area contributed by atoms with Crippen LogP contribution in [0.3, 0.4) is 0 Å². The predicted octanol–water partition coefficient (Wildman–Crippen LogP) is 3.03. The highest BCUT2D eigenvalue weighted by molar-refractivity contribution is 7.89. The van der Waals surface area contributed by atoms with Gasteiger partial charge >= 0.3 is 0 Å². The number of hydrogen-bond acceptors (Lipinski definition) is 4. The van der Waals surface area contributed by atoms with Crippen molar-refractivity contribution in [2.24, 2.45) is 11.1 Å². The summed E-state index contributed by atoms with van der Waals surface area (Å²) in [6.07, 6.45) is 8.80. The van der Waals surface area contributed by atoms with E-state index in [1.807, 2.05) is 0 Å². The van der Waals surface area contributed by atoms with Crippen LogP contribution in [0.1, 0.15) is 51.4 Å². The van der Waals surface area contributed by atoms with Gasteiger partial charge in [-0.1, -0.05) is 32.1 Å². The molecule has 1 fully saturated rings. The number of ether oxygens (including phenoxy) is 1. The van der Waals surface area contributed by atoms with E-state index in [2.05, 4.69) is 5.32 Å². The van der Waals surface area contributed by atoms with Gasteiger partial charge in [0.2, 0.25) is 15.9 Å². The Morgan fingerprint density at radius 1 is 1.29 bits per heavy atom. The van der Waals surface area contributed by atoms with Crippen LogP contribution in [0.2, 0.25) is 0 Å². The molecule has 0 aromatic heterocycles. The van der Waals surface area contributed by atoms with Crippen LogP contribution in [0, 0.1) is 5.92 Å². The molecule has 1 aliphatic rings. The maximum absolute atomic E-state index is 12.1. The van der Waals surface area contributed by atoms with Crippen LogP contribution in [0.4, 0.5) is 5.69 Å². The molecule has 3 N–H and O–H groups in total. The molecule has 0 bridgehead atoms. The molecule has 1 aliphatic carbocycles. The summed E-state index contributed by atoms with van der Waals surface area (Å²) < 4.78 is 28.0. The van der Waals surface area contributed by atoms with E-state index in [0.717, 1.165) is 18.8 Å². The Labute approximate surface area is 143 Å². The molecule has 1 amide bonds. The van der Waals surface area contributed by atoms with E-state index in [9.17, 15) is 13.2 Å². The van der Waals surface area contributed by atoms with E-state index >= 15 is 0 Å². The zero-order chi connectivity index (χ0) is 17.6. The van der Waals surface area contributed by atoms with Crippen molar-refractivity contribution in [2.75, 3.05) is 12.4 Å². The fraction of sp³-hybridized carbons (Fsp3) is 0.588. The van der Waals surface area contributed by atoms with Gasteiger partial charge in [0.1, 0.15) is 5.75 Å². The third-order valence-corrected chi connectivity index (χ3v) is 5.43. The number of nitrogens with one attached hydrogen (secondary N) is 1. The molecule has 0 atom stereocenters. The van der Waals surface area contributed by atoms with Crippen molar-refractivity contribution >= 4 is 21.6 Å². The molecular weight excluding hydrogens is 328 g/mol. The summed E-state index contributed by atoms with van der Waals surface area (Å²) in [7, 11) is -2.36. The average molecular weight is 354 g/mol. The van der Waals surface area contributed by atoms with Crippen LogP contribution >= 0.6 is 0 Å². The maximum Gasteiger partial charge on any atom is 0.238 e. The highest BCUT2D eigenvalue weighted by Gasteiger charge is 2.16. The molecule has 0 spiro atoms. The third kappa shape index (κ3) is 5.49. The zero-order valence-electron chi connectivity index (χ0n) is 14.1. The summed E-state index contributed by atoms with van der Waals surface area (Å²) in [5, 5.41) is 7.86. The molecular formula is C17H26N2O4S. The van der Waals surface area contributed by atoms with Crippen molar-refractivity contribution in [1.82, 2.24) is 0 Å². The smallest absolute Gasteiger partial charge is 0.238 e. The molecule has 0 saturated heterocycles. The zero-order valence-corrected chi connectivity index (χ0v) is 14.9. The van der Waals surface area contributed by atoms with Crippen LogP contribution < -0.4 is 15.2 Å². The van der Waals surface area contributed by atoms with Gasteiger partial charge in [-0.3, -0.25) is 4.79 Å². The van der Waals surface area contributed by atoms with E-state index < -0.39 is 10.0 Å². The number of sulfonamides is 1. The Balaban J connectivity index is 1.92. The lowest BCUT2D eigenvalue weighted by Gasteiger charge is -2.21. The number of methoxy groups -OCH3 is 1. The summed E-state index contributed by atoms with van der Waals surface area (Å²) in [4.78, 5) is 12.1. The van der Waals surface area contributed by atoms with Crippen molar-refractivity contribution in [2.45, 2.75) is 56.3 Å². The predicted molar refractivity (Wildman–Crippen MR) is 93.4 cm³/mol. The Bertz CT molecular complexity index is 667. The van der Waals surface area contributed by atoms with E-state index in [-0.39, 0.29) is 10.8 Å². The first kappa shape index (κ1) is 18.7. The Hall–Kier alpha value is -1.60. The van der Waals surface area contributed by atoms with Gasteiger partial charge in [-0.25, -0.2) is 13.6 Å². The topological polar surface area (TPSA) is 98.5 Å². The van der Waals surface area contributed by atoms with Gasteiger partial charge in [-0.2, -0.15) is 0 Å². The molecule has 0 aliphatic heterocycles. The van der Waals surface area contributed by atoms with Crippen molar-refractivity contribution in [3.05, 3.63) is 18.2 Å².